The summed E-state index contributed by atoms with van der Waals surface area (Å²) < 4.78 is 5.31. The second-order valence-corrected chi connectivity index (χ2v) is 4.76. The topological polar surface area (TPSA) is 26.3 Å². The fraction of sp³-hybridized carbons (Fsp3) is 0.188. The second-order valence-electron chi connectivity index (χ2n) is 4.35. The maximum absolute atomic E-state index is 12.0. The lowest BCUT2D eigenvalue weighted by atomic mass is 10.1. The summed E-state index contributed by atoms with van der Waals surface area (Å²) in [5, 5.41) is 0.659. The number of halogens is 1. The van der Waals surface area contributed by atoms with Crippen molar-refractivity contribution in [2.24, 2.45) is 0 Å². The molecule has 0 unspecified atom stereocenters. The fourth-order valence-corrected chi connectivity index (χ4v) is 1.84. The Kier molecular flexibility index (Phi) is 4.23. The zero-order chi connectivity index (χ0) is 13.8. The molecule has 2 nitrogen and oxygen atoms in total. The zero-order valence-electron chi connectivity index (χ0n) is 10.9. The summed E-state index contributed by atoms with van der Waals surface area (Å²) in [7, 11) is 0. The van der Waals surface area contributed by atoms with Crippen LogP contribution in [0.4, 0.5) is 0 Å². The van der Waals surface area contributed by atoms with Crippen LogP contribution in [0.15, 0.2) is 42.5 Å². The number of carbonyl (C=O) groups is 1. The van der Waals surface area contributed by atoms with Gasteiger partial charge in [0.2, 0.25) is 0 Å². The van der Waals surface area contributed by atoms with E-state index in [0.717, 1.165) is 12.0 Å². The van der Waals surface area contributed by atoms with E-state index in [2.05, 4.69) is 6.92 Å². The van der Waals surface area contributed by atoms with E-state index in [-0.39, 0.29) is 5.97 Å². The highest BCUT2D eigenvalue weighted by Gasteiger charge is 2.09. The summed E-state index contributed by atoms with van der Waals surface area (Å²) in [4.78, 5) is 12.0. The lowest BCUT2D eigenvalue weighted by molar-refractivity contribution is 0.0734. The average Bonchev–Trinajstić information content (AvgIpc) is 2.43. The van der Waals surface area contributed by atoms with E-state index in [9.17, 15) is 4.79 Å². The molecule has 0 aliphatic rings. The first-order valence-electron chi connectivity index (χ1n) is 6.17. The molecule has 19 heavy (non-hydrogen) atoms. The highest BCUT2D eigenvalue weighted by Crippen LogP contribution is 2.21. The Morgan fingerprint density at radius 1 is 1.16 bits per heavy atom. The van der Waals surface area contributed by atoms with Gasteiger partial charge in [0.15, 0.2) is 0 Å². The molecule has 0 bridgehead atoms. The monoisotopic (exact) mass is 274 g/mol. The lowest BCUT2D eigenvalue weighted by Crippen LogP contribution is -2.08. The molecule has 0 atom stereocenters. The van der Waals surface area contributed by atoms with Crippen molar-refractivity contribution in [3.63, 3.8) is 0 Å². The number of aryl methyl sites for hydroxylation is 2. The molecule has 3 heteroatoms. The molecule has 0 aromatic heterocycles. The van der Waals surface area contributed by atoms with Crippen LogP contribution < -0.4 is 4.74 Å². The van der Waals surface area contributed by atoms with Crippen LogP contribution in [0.2, 0.25) is 5.02 Å². The van der Waals surface area contributed by atoms with Gasteiger partial charge in [0, 0.05) is 5.02 Å². The second kappa shape index (κ2) is 5.89. The van der Waals surface area contributed by atoms with Crippen LogP contribution in [0.3, 0.4) is 0 Å². The molecule has 2 rings (SSSR count). The number of hydrogen-bond acceptors (Lipinski definition) is 2. The molecule has 0 amide bonds. The van der Waals surface area contributed by atoms with Crippen molar-refractivity contribution < 1.29 is 9.53 Å². The van der Waals surface area contributed by atoms with Gasteiger partial charge in [-0.25, -0.2) is 4.79 Å². The minimum absolute atomic E-state index is 0.357. The lowest BCUT2D eigenvalue weighted by Gasteiger charge is -2.06. The van der Waals surface area contributed by atoms with Gasteiger partial charge >= 0.3 is 5.97 Å². The Morgan fingerprint density at radius 2 is 1.84 bits per heavy atom. The molecule has 0 radical (unpaired) electrons. The third-order valence-electron chi connectivity index (χ3n) is 2.94. The largest absolute Gasteiger partial charge is 0.423 e. The first kappa shape index (κ1) is 13.6. The number of hydrogen-bond donors (Lipinski definition) is 0. The SMILES string of the molecule is CCc1ccc(C(=O)Oc2ccc(Cl)c(C)c2)cc1. The summed E-state index contributed by atoms with van der Waals surface area (Å²) >= 11 is 5.93. The van der Waals surface area contributed by atoms with E-state index in [1.807, 2.05) is 19.1 Å². The van der Waals surface area contributed by atoms with Gasteiger partial charge < -0.3 is 4.74 Å². The molecule has 0 aliphatic carbocycles. The van der Waals surface area contributed by atoms with Gasteiger partial charge in [0.05, 0.1) is 5.56 Å². The Bertz CT molecular complexity index is 588. The highest BCUT2D eigenvalue weighted by atomic mass is 35.5. The summed E-state index contributed by atoms with van der Waals surface area (Å²) in [6.07, 6.45) is 0.950. The molecule has 98 valence electrons. The Hall–Kier alpha value is -1.80. The van der Waals surface area contributed by atoms with Crippen molar-refractivity contribution in [1.82, 2.24) is 0 Å². The van der Waals surface area contributed by atoms with Crippen LogP contribution in [0, 0.1) is 6.92 Å². The molecular weight excluding hydrogens is 260 g/mol. The van der Waals surface area contributed by atoms with Gasteiger partial charge in [-0.2, -0.15) is 0 Å². The van der Waals surface area contributed by atoms with E-state index >= 15 is 0 Å². The number of carbonyl (C=O) groups excluding carboxylic acids is 1. The van der Waals surface area contributed by atoms with Crippen LogP contribution >= 0.6 is 11.6 Å². The Morgan fingerprint density at radius 3 is 2.42 bits per heavy atom. The third kappa shape index (κ3) is 3.36. The Labute approximate surface area is 118 Å². The molecular formula is C16H15ClO2. The minimum atomic E-state index is -0.357. The van der Waals surface area contributed by atoms with Gasteiger partial charge in [-0.1, -0.05) is 30.7 Å². The summed E-state index contributed by atoms with van der Waals surface area (Å²) in [5.74, 6) is 0.149. The predicted octanol–water partition coefficient (Wildman–Crippen LogP) is 4.43. The van der Waals surface area contributed by atoms with Crippen molar-refractivity contribution in [2.75, 3.05) is 0 Å². The van der Waals surface area contributed by atoms with Gasteiger partial charge in [-0.05, 0) is 54.8 Å². The molecule has 0 heterocycles. The molecule has 0 fully saturated rings. The first-order valence-corrected chi connectivity index (χ1v) is 6.55. The number of esters is 1. The van der Waals surface area contributed by atoms with E-state index < -0.39 is 0 Å². The van der Waals surface area contributed by atoms with E-state index in [1.165, 1.54) is 5.56 Å². The Balaban J connectivity index is 2.13. The molecule has 2 aromatic rings. The minimum Gasteiger partial charge on any atom is -0.423 e. The van der Waals surface area contributed by atoms with Crippen LogP contribution in [-0.2, 0) is 6.42 Å². The van der Waals surface area contributed by atoms with Gasteiger partial charge in [0.25, 0.3) is 0 Å². The third-order valence-corrected chi connectivity index (χ3v) is 3.36. The first-order chi connectivity index (χ1) is 9.10. The van der Waals surface area contributed by atoms with E-state index in [4.69, 9.17) is 16.3 Å². The molecule has 0 N–H and O–H groups in total. The standard InChI is InChI=1S/C16H15ClO2/c1-3-12-4-6-13(7-5-12)16(18)19-14-8-9-15(17)11(2)10-14/h4-10H,3H2,1-2H3. The maximum Gasteiger partial charge on any atom is 0.343 e. The molecule has 0 aliphatic heterocycles. The predicted molar refractivity (Wildman–Crippen MR) is 77.0 cm³/mol. The van der Waals surface area contributed by atoms with Crippen LogP contribution in [-0.4, -0.2) is 5.97 Å². The maximum atomic E-state index is 12.0. The normalized spacial score (nSPS) is 10.3. The number of benzene rings is 2. The fourth-order valence-electron chi connectivity index (χ4n) is 1.72. The molecule has 0 saturated carbocycles. The van der Waals surface area contributed by atoms with Gasteiger partial charge in [-0.15, -0.1) is 0 Å². The average molecular weight is 275 g/mol. The quantitative estimate of drug-likeness (QED) is 0.611. The smallest absolute Gasteiger partial charge is 0.343 e. The van der Waals surface area contributed by atoms with Crippen LogP contribution in [0.5, 0.6) is 5.75 Å². The van der Waals surface area contributed by atoms with E-state index in [1.54, 1.807) is 30.3 Å². The van der Waals surface area contributed by atoms with Crippen molar-refractivity contribution >= 4 is 17.6 Å². The van der Waals surface area contributed by atoms with Gasteiger partial charge in [0.1, 0.15) is 5.75 Å². The zero-order valence-corrected chi connectivity index (χ0v) is 11.7. The van der Waals surface area contributed by atoms with Crippen LogP contribution in [0.25, 0.3) is 0 Å². The van der Waals surface area contributed by atoms with Crippen molar-refractivity contribution in [1.29, 1.82) is 0 Å². The summed E-state index contributed by atoms with van der Waals surface area (Å²) in [6.45, 7) is 3.94. The van der Waals surface area contributed by atoms with Crippen molar-refractivity contribution in [3.05, 3.63) is 64.2 Å². The summed E-state index contributed by atoms with van der Waals surface area (Å²) in [6, 6.07) is 12.6. The number of ether oxygens (including phenoxy) is 1. The number of rotatable bonds is 3. The molecule has 2 aromatic carbocycles. The molecule has 0 spiro atoms. The molecule has 0 saturated heterocycles. The van der Waals surface area contributed by atoms with Crippen LogP contribution in [0.1, 0.15) is 28.4 Å². The highest BCUT2D eigenvalue weighted by molar-refractivity contribution is 6.31. The van der Waals surface area contributed by atoms with E-state index in [0.29, 0.717) is 16.3 Å². The van der Waals surface area contributed by atoms with Gasteiger partial charge in [-0.3, -0.25) is 0 Å². The van der Waals surface area contributed by atoms with Crippen molar-refractivity contribution in [2.45, 2.75) is 20.3 Å². The summed E-state index contributed by atoms with van der Waals surface area (Å²) in [5.41, 5.74) is 2.62. The van der Waals surface area contributed by atoms with Crippen molar-refractivity contribution in [3.8, 4) is 5.75 Å².